The molecule has 0 radical (unpaired) electrons. The van der Waals surface area contributed by atoms with E-state index in [9.17, 15) is 18.8 Å². The van der Waals surface area contributed by atoms with Crippen LogP contribution in [0.2, 0.25) is 0 Å². The van der Waals surface area contributed by atoms with Gasteiger partial charge in [0.05, 0.1) is 15.6 Å². The highest BCUT2D eigenvalue weighted by Gasteiger charge is 2.36. The maximum absolute atomic E-state index is 14.0. The molecule has 0 unspecified atom stereocenters. The van der Waals surface area contributed by atoms with E-state index in [1.54, 1.807) is 48.5 Å². The Labute approximate surface area is 244 Å². The molecule has 190 valence electrons. The summed E-state index contributed by atoms with van der Waals surface area (Å²) in [6.07, 6.45) is 1.56. The number of amides is 3. The van der Waals surface area contributed by atoms with Gasteiger partial charge in [0.15, 0.2) is 11.5 Å². The molecular formula is C26H19FI2N2O5S. The first-order chi connectivity index (χ1) is 17.7. The molecule has 0 saturated carbocycles. The van der Waals surface area contributed by atoms with E-state index in [1.807, 2.05) is 12.1 Å². The number of hydrogen-bond donors (Lipinski definition) is 1. The predicted octanol–water partition coefficient (Wildman–Crippen LogP) is 6.30. The number of thioether (sulfide) groups is 1. The van der Waals surface area contributed by atoms with Crippen molar-refractivity contribution in [2.24, 2.45) is 0 Å². The van der Waals surface area contributed by atoms with Gasteiger partial charge in [0.2, 0.25) is 5.91 Å². The summed E-state index contributed by atoms with van der Waals surface area (Å²) in [4.78, 5) is 38.9. The van der Waals surface area contributed by atoms with Crippen LogP contribution in [0.1, 0.15) is 11.1 Å². The molecule has 0 spiro atoms. The molecule has 0 bridgehead atoms. The lowest BCUT2D eigenvalue weighted by atomic mass is 10.1. The molecule has 1 aliphatic rings. The van der Waals surface area contributed by atoms with Gasteiger partial charge in [-0.25, -0.2) is 4.39 Å². The molecule has 1 fully saturated rings. The highest BCUT2D eigenvalue weighted by Crippen LogP contribution is 2.37. The summed E-state index contributed by atoms with van der Waals surface area (Å²) in [7, 11) is 1.48. The van der Waals surface area contributed by atoms with Crippen LogP contribution in [0.15, 0.2) is 65.6 Å². The van der Waals surface area contributed by atoms with Crippen molar-refractivity contribution in [1.82, 2.24) is 4.90 Å². The quantitative estimate of drug-likeness (QED) is 0.216. The standard InChI is InChI=1S/C26H19FI2N2O5S/c1-35-21-11-15(10-20(29)24(21)36-14-16-4-2-3-5-19(16)27)12-22-25(33)31(26(34)37-22)13-23(32)30-18-8-6-17(28)7-9-18/h2-12H,13-14H2,1H3,(H,30,32)/b22-12-. The second-order valence-electron chi connectivity index (χ2n) is 7.74. The van der Waals surface area contributed by atoms with Crippen molar-refractivity contribution in [1.29, 1.82) is 0 Å². The fourth-order valence-corrected chi connectivity index (χ4v) is 5.37. The van der Waals surface area contributed by atoms with Gasteiger partial charge in [-0.05, 0) is 111 Å². The van der Waals surface area contributed by atoms with Crippen molar-refractivity contribution in [2.75, 3.05) is 19.0 Å². The Morgan fingerprint density at radius 3 is 2.54 bits per heavy atom. The van der Waals surface area contributed by atoms with Gasteiger partial charge >= 0.3 is 0 Å². The van der Waals surface area contributed by atoms with Crippen LogP contribution in [-0.4, -0.2) is 35.6 Å². The van der Waals surface area contributed by atoms with E-state index < -0.39 is 23.6 Å². The molecule has 7 nitrogen and oxygen atoms in total. The average Bonchev–Trinajstić information content (AvgIpc) is 3.12. The van der Waals surface area contributed by atoms with Crippen LogP contribution in [0, 0.1) is 13.0 Å². The number of nitrogens with zero attached hydrogens (tertiary/aromatic N) is 1. The Morgan fingerprint density at radius 1 is 1.11 bits per heavy atom. The van der Waals surface area contributed by atoms with E-state index in [0.29, 0.717) is 31.9 Å². The van der Waals surface area contributed by atoms with Gasteiger partial charge in [0.25, 0.3) is 11.1 Å². The largest absolute Gasteiger partial charge is 0.493 e. The van der Waals surface area contributed by atoms with Crippen molar-refractivity contribution in [3.63, 3.8) is 0 Å². The van der Waals surface area contributed by atoms with Gasteiger partial charge in [-0.3, -0.25) is 19.3 Å². The third-order valence-corrected chi connectivity index (χ3v) is 7.61. The Hall–Kier alpha value is -2.65. The van der Waals surface area contributed by atoms with Crippen LogP contribution in [0.25, 0.3) is 6.08 Å². The topological polar surface area (TPSA) is 84.9 Å². The molecule has 3 aromatic rings. The van der Waals surface area contributed by atoms with Crippen LogP contribution >= 0.6 is 56.9 Å². The maximum Gasteiger partial charge on any atom is 0.294 e. The summed E-state index contributed by atoms with van der Waals surface area (Å²) < 4.78 is 26.9. The molecular weight excluding hydrogens is 725 g/mol. The Bertz CT molecular complexity index is 1400. The number of methoxy groups -OCH3 is 1. The average molecular weight is 744 g/mol. The smallest absolute Gasteiger partial charge is 0.294 e. The van der Waals surface area contributed by atoms with Crippen LogP contribution in [0.4, 0.5) is 14.9 Å². The van der Waals surface area contributed by atoms with E-state index in [1.165, 1.54) is 13.2 Å². The molecule has 0 atom stereocenters. The normalized spacial score (nSPS) is 14.3. The molecule has 3 aromatic carbocycles. The molecule has 1 saturated heterocycles. The number of carbonyl (C=O) groups excluding carboxylic acids is 3. The number of carbonyl (C=O) groups is 3. The fourth-order valence-electron chi connectivity index (χ4n) is 3.39. The summed E-state index contributed by atoms with van der Waals surface area (Å²) in [5.74, 6) is -0.565. The van der Waals surface area contributed by atoms with Gasteiger partial charge in [-0.1, -0.05) is 18.2 Å². The Balaban J connectivity index is 1.47. The SMILES string of the molecule is COc1cc(/C=C2\SC(=O)N(CC(=O)Nc3ccc(I)cc3)C2=O)cc(I)c1OCc1ccccc1F. The van der Waals surface area contributed by atoms with Gasteiger partial charge in [-0.2, -0.15) is 0 Å². The van der Waals surface area contributed by atoms with Crippen LogP contribution < -0.4 is 14.8 Å². The van der Waals surface area contributed by atoms with Crippen molar-refractivity contribution < 1.29 is 28.2 Å². The lowest BCUT2D eigenvalue weighted by Crippen LogP contribution is -2.36. The van der Waals surface area contributed by atoms with E-state index in [2.05, 4.69) is 50.5 Å². The summed E-state index contributed by atoms with van der Waals surface area (Å²) >= 11 is 4.98. The molecule has 3 amide bonds. The molecule has 1 N–H and O–H groups in total. The highest BCUT2D eigenvalue weighted by atomic mass is 127. The summed E-state index contributed by atoms with van der Waals surface area (Å²) in [6, 6.07) is 16.9. The van der Waals surface area contributed by atoms with Crippen molar-refractivity contribution in [2.45, 2.75) is 6.61 Å². The first-order valence-corrected chi connectivity index (χ1v) is 13.8. The molecule has 11 heteroatoms. The molecule has 37 heavy (non-hydrogen) atoms. The van der Waals surface area contributed by atoms with E-state index in [4.69, 9.17) is 9.47 Å². The number of imide groups is 1. The Morgan fingerprint density at radius 2 is 1.84 bits per heavy atom. The number of rotatable bonds is 8. The van der Waals surface area contributed by atoms with Gasteiger partial charge < -0.3 is 14.8 Å². The number of benzene rings is 3. The molecule has 1 aliphatic heterocycles. The number of halogens is 3. The molecule has 0 aliphatic carbocycles. The van der Waals surface area contributed by atoms with Crippen LogP contribution in [0.5, 0.6) is 11.5 Å². The lowest BCUT2D eigenvalue weighted by molar-refractivity contribution is -0.127. The van der Waals surface area contributed by atoms with E-state index in [0.717, 1.165) is 20.2 Å². The van der Waals surface area contributed by atoms with Crippen molar-refractivity contribution >= 4 is 85.8 Å². The summed E-state index contributed by atoms with van der Waals surface area (Å²) in [5, 5.41) is 2.16. The number of ether oxygens (including phenoxy) is 2. The maximum atomic E-state index is 14.0. The van der Waals surface area contributed by atoms with Crippen LogP contribution in [0.3, 0.4) is 0 Å². The molecule has 4 rings (SSSR count). The molecule has 0 aromatic heterocycles. The van der Waals surface area contributed by atoms with Gasteiger partial charge in [0.1, 0.15) is 19.0 Å². The van der Waals surface area contributed by atoms with Crippen LogP contribution in [-0.2, 0) is 16.2 Å². The van der Waals surface area contributed by atoms with E-state index in [-0.39, 0.29) is 17.3 Å². The molecule has 1 heterocycles. The highest BCUT2D eigenvalue weighted by molar-refractivity contribution is 14.1. The van der Waals surface area contributed by atoms with Gasteiger partial charge in [0, 0.05) is 14.8 Å². The van der Waals surface area contributed by atoms with Crippen molar-refractivity contribution in [3.8, 4) is 11.5 Å². The van der Waals surface area contributed by atoms with E-state index >= 15 is 0 Å². The second-order valence-corrected chi connectivity index (χ2v) is 11.1. The zero-order valence-electron chi connectivity index (χ0n) is 19.3. The summed E-state index contributed by atoms with van der Waals surface area (Å²) in [5.41, 5.74) is 1.59. The zero-order chi connectivity index (χ0) is 26.5. The minimum atomic E-state index is -0.554. The second kappa shape index (κ2) is 12.3. The predicted molar refractivity (Wildman–Crippen MR) is 157 cm³/mol. The van der Waals surface area contributed by atoms with Gasteiger partial charge in [-0.15, -0.1) is 0 Å². The third kappa shape index (κ3) is 6.82. The zero-order valence-corrected chi connectivity index (χ0v) is 24.4. The third-order valence-electron chi connectivity index (χ3n) is 5.18. The number of anilines is 1. The van der Waals surface area contributed by atoms with Crippen molar-refractivity contribution in [3.05, 3.63) is 89.7 Å². The number of hydrogen-bond acceptors (Lipinski definition) is 6. The number of nitrogens with one attached hydrogen (secondary N) is 1. The summed E-state index contributed by atoms with van der Waals surface area (Å²) in [6.45, 7) is -0.376. The first kappa shape index (κ1) is 27.4. The minimum absolute atomic E-state index is 0.0154. The monoisotopic (exact) mass is 744 g/mol. The lowest BCUT2D eigenvalue weighted by Gasteiger charge is -2.14. The first-order valence-electron chi connectivity index (χ1n) is 10.8. The Kier molecular flexibility index (Phi) is 9.08. The fraction of sp³-hybridized carbons (Fsp3) is 0.115. The minimum Gasteiger partial charge on any atom is -0.493 e.